The molecule has 0 aliphatic rings. The lowest BCUT2D eigenvalue weighted by Crippen LogP contribution is -2.04. The van der Waals surface area contributed by atoms with Crippen LogP contribution in [0.4, 0.5) is 0 Å². The minimum atomic E-state index is -0.104. The SMILES string of the molecule is Cc1ccc(Cl)c2c(C)c(C(C)N)oc12. The first-order chi connectivity index (χ1) is 7.02. The van der Waals surface area contributed by atoms with Crippen molar-refractivity contribution in [2.24, 2.45) is 5.73 Å². The van der Waals surface area contributed by atoms with E-state index in [-0.39, 0.29) is 6.04 Å². The third kappa shape index (κ3) is 1.54. The molecule has 2 N–H and O–H groups in total. The molecule has 0 fully saturated rings. The molecule has 1 heterocycles. The van der Waals surface area contributed by atoms with E-state index in [0.717, 1.165) is 32.9 Å². The molecule has 80 valence electrons. The van der Waals surface area contributed by atoms with E-state index in [1.165, 1.54) is 0 Å². The number of rotatable bonds is 1. The van der Waals surface area contributed by atoms with Crippen LogP contribution in [-0.2, 0) is 0 Å². The Morgan fingerprint density at radius 1 is 1.33 bits per heavy atom. The van der Waals surface area contributed by atoms with Gasteiger partial charge >= 0.3 is 0 Å². The molecule has 2 rings (SSSR count). The van der Waals surface area contributed by atoms with Crippen LogP contribution >= 0.6 is 11.6 Å². The second-order valence-corrected chi connectivity index (χ2v) is 4.36. The molecule has 15 heavy (non-hydrogen) atoms. The Morgan fingerprint density at radius 3 is 2.53 bits per heavy atom. The van der Waals surface area contributed by atoms with Crippen molar-refractivity contribution in [3.63, 3.8) is 0 Å². The Bertz CT molecular complexity index is 514. The maximum atomic E-state index is 6.15. The third-order valence-corrected chi connectivity index (χ3v) is 2.99. The van der Waals surface area contributed by atoms with E-state index >= 15 is 0 Å². The van der Waals surface area contributed by atoms with E-state index in [1.54, 1.807) is 0 Å². The Hall–Kier alpha value is -0.990. The minimum absolute atomic E-state index is 0.104. The number of hydrogen-bond donors (Lipinski definition) is 1. The van der Waals surface area contributed by atoms with Gasteiger partial charge in [-0.15, -0.1) is 0 Å². The molecular formula is C12H14ClNO. The quantitative estimate of drug-likeness (QED) is 0.800. The van der Waals surface area contributed by atoms with Crippen LogP contribution in [0.5, 0.6) is 0 Å². The highest BCUT2D eigenvalue weighted by atomic mass is 35.5. The maximum absolute atomic E-state index is 6.15. The molecule has 1 aromatic heterocycles. The number of halogens is 1. The molecule has 0 bridgehead atoms. The number of aryl methyl sites for hydroxylation is 2. The molecule has 1 atom stereocenters. The third-order valence-electron chi connectivity index (χ3n) is 2.67. The van der Waals surface area contributed by atoms with Crippen molar-refractivity contribution in [1.29, 1.82) is 0 Å². The molecule has 0 amide bonds. The molecular weight excluding hydrogens is 210 g/mol. The highest BCUT2D eigenvalue weighted by Gasteiger charge is 2.16. The lowest BCUT2D eigenvalue weighted by Gasteiger charge is -2.00. The van der Waals surface area contributed by atoms with Crippen LogP contribution in [-0.4, -0.2) is 0 Å². The van der Waals surface area contributed by atoms with Crippen LogP contribution in [0, 0.1) is 13.8 Å². The zero-order valence-electron chi connectivity index (χ0n) is 9.10. The van der Waals surface area contributed by atoms with Gasteiger partial charge in [-0.1, -0.05) is 17.7 Å². The molecule has 0 saturated carbocycles. The fourth-order valence-corrected chi connectivity index (χ4v) is 2.18. The first-order valence-corrected chi connectivity index (χ1v) is 5.34. The number of hydrogen-bond acceptors (Lipinski definition) is 2. The monoisotopic (exact) mass is 223 g/mol. The van der Waals surface area contributed by atoms with Crippen molar-refractivity contribution in [2.45, 2.75) is 26.8 Å². The summed E-state index contributed by atoms with van der Waals surface area (Å²) >= 11 is 6.15. The van der Waals surface area contributed by atoms with E-state index in [4.69, 9.17) is 21.8 Å². The highest BCUT2D eigenvalue weighted by Crippen LogP contribution is 2.35. The van der Waals surface area contributed by atoms with Crippen LogP contribution in [0.1, 0.15) is 29.9 Å². The van der Waals surface area contributed by atoms with Gasteiger partial charge in [0, 0.05) is 10.9 Å². The summed E-state index contributed by atoms with van der Waals surface area (Å²) in [6.07, 6.45) is 0. The average Bonchev–Trinajstić information content (AvgIpc) is 2.51. The smallest absolute Gasteiger partial charge is 0.139 e. The fourth-order valence-electron chi connectivity index (χ4n) is 1.89. The second kappa shape index (κ2) is 3.54. The van der Waals surface area contributed by atoms with Crippen molar-refractivity contribution >= 4 is 22.6 Å². The molecule has 0 saturated heterocycles. The molecule has 1 aromatic carbocycles. The Kier molecular flexibility index (Phi) is 2.49. The zero-order chi connectivity index (χ0) is 11.2. The highest BCUT2D eigenvalue weighted by molar-refractivity contribution is 6.35. The Morgan fingerprint density at radius 2 is 2.00 bits per heavy atom. The van der Waals surface area contributed by atoms with Gasteiger partial charge in [-0.3, -0.25) is 0 Å². The molecule has 0 aliphatic carbocycles. The molecule has 1 unspecified atom stereocenters. The summed E-state index contributed by atoms with van der Waals surface area (Å²) in [5.41, 5.74) is 8.83. The largest absolute Gasteiger partial charge is 0.459 e. The summed E-state index contributed by atoms with van der Waals surface area (Å²) in [6.45, 7) is 5.91. The number of furan rings is 1. The molecule has 3 heteroatoms. The van der Waals surface area contributed by atoms with Gasteiger partial charge in [0.15, 0.2) is 0 Å². The van der Waals surface area contributed by atoms with E-state index in [0.29, 0.717) is 0 Å². The summed E-state index contributed by atoms with van der Waals surface area (Å²) in [6, 6.07) is 3.75. The fraction of sp³-hybridized carbons (Fsp3) is 0.333. The van der Waals surface area contributed by atoms with Crippen molar-refractivity contribution in [3.8, 4) is 0 Å². The Labute approximate surface area is 94.0 Å². The van der Waals surface area contributed by atoms with Gasteiger partial charge in [0.2, 0.25) is 0 Å². The van der Waals surface area contributed by atoms with Crippen molar-refractivity contribution in [2.75, 3.05) is 0 Å². The average molecular weight is 224 g/mol. The first kappa shape index (κ1) is 10.5. The summed E-state index contributed by atoms with van der Waals surface area (Å²) in [5.74, 6) is 0.821. The number of benzene rings is 1. The maximum Gasteiger partial charge on any atom is 0.139 e. The normalized spacial score (nSPS) is 13.4. The Balaban J connectivity index is 2.87. The van der Waals surface area contributed by atoms with Gasteiger partial charge in [0.1, 0.15) is 11.3 Å². The van der Waals surface area contributed by atoms with Crippen LogP contribution in [0.15, 0.2) is 16.5 Å². The van der Waals surface area contributed by atoms with Crippen molar-refractivity contribution in [1.82, 2.24) is 0 Å². The van der Waals surface area contributed by atoms with Gasteiger partial charge in [0.05, 0.1) is 11.1 Å². The van der Waals surface area contributed by atoms with Crippen LogP contribution < -0.4 is 5.73 Å². The second-order valence-electron chi connectivity index (χ2n) is 3.95. The summed E-state index contributed by atoms with van der Waals surface area (Å²) < 4.78 is 5.76. The lowest BCUT2D eigenvalue weighted by atomic mass is 10.1. The summed E-state index contributed by atoms with van der Waals surface area (Å²) in [4.78, 5) is 0. The predicted octanol–water partition coefficient (Wildman–Crippen LogP) is 3.72. The first-order valence-electron chi connectivity index (χ1n) is 4.96. The van der Waals surface area contributed by atoms with E-state index in [1.807, 2.05) is 32.9 Å². The summed E-state index contributed by atoms with van der Waals surface area (Å²) in [5, 5.41) is 1.72. The van der Waals surface area contributed by atoms with Gasteiger partial charge in [0.25, 0.3) is 0 Å². The van der Waals surface area contributed by atoms with E-state index < -0.39 is 0 Å². The van der Waals surface area contributed by atoms with Gasteiger partial charge in [-0.2, -0.15) is 0 Å². The van der Waals surface area contributed by atoms with Crippen LogP contribution in [0.3, 0.4) is 0 Å². The van der Waals surface area contributed by atoms with Gasteiger partial charge in [-0.05, 0) is 32.4 Å². The van der Waals surface area contributed by atoms with Crippen LogP contribution in [0.25, 0.3) is 11.0 Å². The topological polar surface area (TPSA) is 39.2 Å². The zero-order valence-corrected chi connectivity index (χ0v) is 9.85. The van der Waals surface area contributed by atoms with E-state index in [9.17, 15) is 0 Å². The molecule has 2 nitrogen and oxygen atoms in total. The molecule has 2 aromatic rings. The summed E-state index contributed by atoms with van der Waals surface area (Å²) in [7, 11) is 0. The minimum Gasteiger partial charge on any atom is -0.459 e. The molecule has 0 spiro atoms. The van der Waals surface area contributed by atoms with Crippen LogP contribution in [0.2, 0.25) is 5.02 Å². The van der Waals surface area contributed by atoms with Gasteiger partial charge in [-0.25, -0.2) is 0 Å². The predicted molar refractivity (Wildman–Crippen MR) is 63.3 cm³/mol. The van der Waals surface area contributed by atoms with E-state index in [2.05, 4.69) is 0 Å². The number of fused-ring (bicyclic) bond motifs is 1. The van der Waals surface area contributed by atoms with Crippen molar-refractivity contribution in [3.05, 3.63) is 34.0 Å². The standard InChI is InChI=1S/C12H14ClNO/c1-6-4-5-9(13)10-7(2)12(8(3)14)15-11(6)10/h4-5,8H,14H2,1-3H3. The molecule has 0 radical (unpaired) electrons. The lowest BCUT2D eigenvalue weighted by molar-refractivity contribution is 0.508. The van der Waals surface area contributed by atoms with Gasteiger partial charge < -0.3 is 10.2 Å². The molecule has 0 aliphatic heterocycles. The number of nitrogens with two attached hydrogens (primary N) is 1. The van der Waals surface area contributed by atoms with Crippen molar-refractivity contribution < 1.29 is 4.42 Å².